The third kappa shape index (κ3) is 2.48. The van der Waals surface area contributed by atoms with Gasteiger partial charge in [-0.3, -0.25) is 9.78 Å². The number of pyridine rings is 1. The lowest BCUT2D eigenvalue weighted by atomic mass is 10.1. The van der Waals surface area contributed by atoms with E-state index in [4.69, 9.17) is 0 Å². The average Bonchev–Trinajstić information content (AvgIpc) is 2.30. The first-order valence-electron chi connectivity index (χ1n) is 5.06. The first-order chi connectivity index (χ1) is 7.75. The van der Waals surface area contributed by atoms with Gasteiger partial charge in [0.25, 0.3) is 5.91 Å². The third-order valence-corrected chi connectivity index (χ3v) is 2.27. The van der Waals surface area contributed by atoms with Gasteiger partial charge in [0.2, 0.25) is 0 Å². The first kappa shape index (κ1) is 10.4. The van der Waals surface area contributed by atoms with Crippen LogP contribution in [0.3, 0.4) is 0 Å². The molecule has 1 aromatic rings. The summed E-state index contributed by atoms with van der Waals surface area (Å²) in [6, 6.07) is 3.53. The topological polar surface area (TPSA) is 45.2 Å². The maximum atomic E-state index is 11.9. The van der Waals surface area contributed by atoms with Crippen molar-refractivity contribution in [2.24, 2.45) is 0 Å². The fraction of sp³-hybridized carbons (Fsp3) is 0.167. The Hall–Kier alpha value is -2.10. The highest BCUT2D eigenvalue weighted by molar-refractivity contribution is 6.03. The van der Waals surface area contributed by atoms with E-state index in [0.717, 1.165) is 11.3 Å². The van der Waals surface area contributed by atoms with Crippen LogP contribution in [0.4, 0.5) is 5.69 Å². The van der Waals surface area contributed by atoms with Crippen molar-refractivity contribution < 1.29 is 4.79 Å². The van der Waals surface area contributed by atoms with Gasteiger partial charge in [-0.1, -0.05) is 6.08 Å². The van der Waals surface area contributed by atoms with Crippen molar-refractivity contribution in [1.29, 1.82) is 0 Å². The molecule has 1 aliphatic heterocycles. The Kier molecular flexibility index (Phi) is 3.00. The number of amides is 1. The molecule has 0 unspecified atom stereocenters. The number of carbonyl (C=O) groups is 1. The molecule has 1 aromatic heterocycles. The number of nitrogens with one attached hydrogen (secondary N) is 1. The van der Waals surface area contributed by atoms with Crippen LogP contribution < -0.4 is 5.32 Å². The Bertz CT molecular complexity index is 437. The Morgan fingerprint density at radius 1 is 1.44 bits per heavy atom. The van der Waals surface area contributed by atoms with Crippen molar-refractivity contribution in [1.82, 2.24) is 9.88 Å². The van der Waals surface area contributed by atoms with E-state index in [1.165, 1.54) is 0 Å². The maximum Gasteiger partial charge on any atom is 0.253 e. The number of allylic oxidation sites excluding steroid dienone is 1. The fourth-order valence-electron chi connectivity index (χ4n) is 1.49. The van der Waals surface area contributed by atoms with Crippen LogP contribution in [-0.4, -0.2) is 22.8 Å². The van der Waals surface area contributed by atoms with Gasteiger partial charge in [0.1, 0.15) is 0 Å². The Morgan fingerprint density at radius 3 is 2.88 bits per heavy atom. The number of hydrogen-bond acceptors (Lipinski definition) is 3. The molecule has 1 amide bonds. The summed E-state index contributed by atoms with van der Waals surface area (Å²) in [6.45, 7) is 0. The highest BCUT2D eigenvalue weighted by Gasteiger charge is 2.11. The number of nitrogens with zero attached hydrogens (tertiary/aromatic N) is 2. The minimum absolute atomic E-state index is 0.0672. The molecule has 4 nitrogen and oxygen atoms in total. The molecular formula is C12H13N3O. The van der Waals surface area contributed by atoms with E-state index in [-0.39, 0.29) is 5.91 Å². The van der Waals surface area contributed by atoms with Crippen LogP contribution in [0.15, 0.2) is 48.6 Å². The molecule has 0 spiro atoms. The van der Waals surface area contributed by atoms with Crippen LogP contribution in [0.5, 0.6) is 0 Å². The van der Waals surface area contributed by atoms with E-state index < -0.39 is 0 Å². The minimum atomic E-state index is -0.0672. The van der Waals surface area contributed by atoms with E-state index in [2.05, 4.69) is 10.3 Å². The van der Waals surface area contributed by atoms with Crippen molar-refractivity contribution in [3.63, 3.8) is 0 Å². The molecule has 0 radical (unpaired) electrons. The van der Waals surface area contributed by atoms with Gasteiger partial charge in [-0.2, -0.15) is 0 Å². The number of anilines is 1. The van der Waals surface area contributed by atoms with E-state index >= 15 is 0 Å². The second-order valence-corrected chi connectivity index (χ2v) is 3.60. The predicted octanol–water partition coefficient (Wildman–Crippen LogP) is 1.75. The molecule has 0 aromatic carbocycles. The smallest absolute Gasteiger partial charge is 0.253 e. The van der Waals surface area contributed by atoms with Crippen LogP contribution in [-0.2, 0) is 4.79 Å². The summed E-state index contributed by atoms with van der Waals surface area (Å²) in [6.07, 6.45) is 9.69. The average molecular weight is 215 g/mol. The van der Waals surface area contributed by atoms with Gasteiger partial charge in [0.15, 0.2) is 0 Å². The summed E-state index contributed by atoms with van der Waals surface area (Å²) in [7, 11) is 1.90. The number of hydrogen-bond donors (Lipinski definition) is 1. The minimum Gasteiger partial charge on any atom is -0.357 e. The van der Waals surface area contributed by atoms with Gasteiger partial charge in [0, 0.05) is 36.9 Å². The lowest BCUT2D eigenvalue weighted by molar-refractivity contribution is -0.113. The molecule has 1 N–H and O–H groups in total. The van der Waals surface area contributed by atoms with Crippen LogP contribution >= 0.6 is 0 Å². The number of aromatic nitrogens is 1. The van der Waals surface area contributed by atoms with Gasteiger partial charge in [-0.15, -0.1) is 0 Å². The molecule has 2 rings (SSSR count). The Labute approximate surface area is 94.3 Å². The molecule has 0 atom stereocenters. The fourth-order valence-corrected chi connectivity index (χ4v) is 1.49. The SMILES string of the molecule is CN1C=CCC(C(=O)Nc2ccncc2)=C1. The van der Waals surface area contributed by atoms with Gasteiger partial charge in [-0.05, 0) is 24.8 Å². The lowest BCUT2D eigenvalue weighted by Gasteiger charge is -2.16. The number of carbonyl (C=O) groups excluding carboxylic acids is 1. The first-order valence-corrected chi connectivity index (χ1v) is 5.06. The Morgan fingerprint density at radius 2 is 2.19 bits per heavy atom. The molecule has 0 saturated carbocycles. The van der Waals surface area contributed by atoms with E-state index in [9.17, 15) is 4.79 Å². The molecule has 82 valence electrons. The molecular weight excluding hydrogens is 202 g/mol. The van der Waals surface area contributed by atoms with Crippen LogP contribution in [0.2, 0.25) is 0 Å². The van der Waals surface area contributed by atoms with E-state index in [1.807, 2.05) is 30.4 Å². The van der Waals surface area contributed by atoms with Crippen molar-refractivity contribution in [2.75, 3.05) is 12.4 Å². The van der Waals surface area contributed by atoms with Crippen molar-refractivity contribution in [2.45, 2.75) is 6.42 Å². The van der Waals surface area contributed by atoms with Gasteiger partial charge in [-0.25, -0.2) is 0 Å². The van der Waals surface area contributed by atoms with Crippen molar-refractivity contribution in [3.05, 3.63) is 48.6 Å². The highest BCUT2D eigenvalue weighted by atomic mass is 16.1. The van der Waals surface area contributed by atoms with E-state index in [0.29, 0.717) is 6.42 Å². The highest BCUT2D eigenvalue weighted by Crippen LogP contribution is 2.13. The molecule has 0 bridgehead atoms. The zero-order valence-corrected chi connectivity index (χ0v) is 9.05. The quantitative estimate of drug-likeness (QED) is 0.817. The van der Waals surface area contributed by atoms with E-state index in [1.54, 1.807) is 24.5 Å². The zero-order valence-electron chi connectivity index (χ0n) is 9.05. The largest absolute Gasteiger partial charge is 0.357 e. The van der Waals surface area contributed by atoms with Crippen molar-refractivity contribution >= 4 is 11.6 Å². The molecule has 0 aliphatic carbocycles. The summed E-state index contributed by atoms with van der Waals surface area (Å²) in [4.78, 5) is 17.6. The second kappa shape index (κ2) is 4.61. The molecule has 2 heterocycles. The molecule has 0 saturated heterocycles. The van der Waals surface area contributed by atoms with Crippen LogP contribution in [0.1, 0.15) is 6.42 Å². The molecule has 16 heavy (non-hydrogen) atoms. The lowest BCUT2D eigenvalue weighted by Crippen LogP contribution is -2.18. The van der Waals surface area contributed by atoms with Crippen LogP contribution in [0.25, 0.3) is 0 Å². The molecule has 0 fully saturated rings. The van der Waals surface area contributed by atoms with Gasteiger partial charge >= 0.3 is 0 Å². The van der Waals surface area contributed by atoms with Crippen molar-refractivity contribution in [3.8, 4) is 0 Å². The maximum absolute atomic E-state index is 11.9. The predicted molar refractivity (Wildman–Crippen MR) is 62.5 cm³/mol. The normalized spacial score (nSPS) is 14.6. The Balaban J connectivity index is 2.04. The summed E-state index contributed by atoms with van der Waals surface area (Å²) < 4.78 is 0. The van der Waals surface area contributed by atoms with Crippen LogP contribution in [0, 0.1) is 0 Å². The van der Waals surface area contributed by atoms with Gasteiger partial charge < -0.3 is 10.2 Å². The summed E-state index contributed by atoms with van der Waals surface area (Å²) >= 11 is 0. The summed E-state index contributed by atoms with van der Waals surface area (Å²) in [5.74, 6) is -0.0672. The third-order valence-electron chi connectivity index (χ3n) is 2.27. The van der Waals surface area contributed by atoms with Gasteiger partial charge in [0.05, 0.1) is 0 Å². The summed E-state index contributed by atoms with van der Waals surface area (Å²) in [5, 5.41) is 2.82. The monoisotopic (exact) mass is 215 g/mol. The second-order valence-electron chi connectivity index (χ2n) is 3.60. The number of rotatable bonds is 2. The summed E-state index contributed by atoms with van der Waals surface area (Å²) in [5.41, 5.74) is 1.51. The standard InChI is InChI=1S/C12H13N3O/c1-15-8-2-3-10(9-15)12(16)14-11-4-6-13-7-5-11/h2,4-9H,3H2,1H3,(H,13,14,16). The molecule has 1 aliphatic rings. The molecule has 4 heteroatoms. The zero-order chi connectivity index (χ0) is 11.4.